The summed E-state index contributed by atoms with van der Waals surface area (Å²) in [7, 11) is 1.46. The molecule has 0 radical (unpaired) electrons. The zero-order chi connectivity index (χ0) is 13.3. The van der Waals surface area contributed by atoms with Gasteiger partial charge in [-0.3, -0.25) is 9.69 Å². The molecule has 0 aromatic rings. The van der Waals surface area contributed by atoms with Gasteiger partial charge in [0.1, 0.15) is 6.04 Å². The molecule has 1 saturated carbocycles. The van der Waals surface area contributed by atoms with E-state index >= 15 is 0 Å². The van der Waals surface area contributed by atoms with Crippen molar-refractivity contribution >= 4 is 24.4 Å². The molecule has 1 heterocycles. The van der Waals surface area contributed by atoms with Gasteiger partial charge in [-0.15, -0.1) is 12.4 Å². The van der Waals surface area contributed by atoms with Crippen LogP contribution in [0.5, 0.6) is 0 Å². The van der Waals surface area contributed by atoms with E-state index in [0.717, 1.165) is 30.6 Å². The number of nitrogens with zero attached hydrogens (tertiary/aromatic N) is 2. The van der Waals surface area contributed by atoms with Crippen molar-refractivity contribution in [1.29, 1.82) is 0 Å². The molecule has 1 saturated heterocycles. The minimum atomic E-state index is -1.04. The van der Waals surface area contributed by atoms with Crippen molar-refractivity contribution in [3.63, 3.8) is 0 Å². The lowest BCUT2D eigenvalue weighted by Gasteiger charge is -2.33. The average Bonchev–Trinajstić information content (AvgIpc) is 2.71. The van der Waals surface area contributed by atoms with Gasteiger partial charge in [-0.25, -0.2) is 4.79 Å². The van der Waals surface area contributed by atoms with Gasteiger partial charge in [0.2, 0.25) is 5.91 Å². The molecule has 0 spiro atoms. The van der Waals surface area contributed by atoms with Crippen LogP contribution in [-0.4, -0.2) is 58.6 Å². The highest BCUT2D eigenvalue weighted by Gasteiger charge is 2.40. The van der Waals surface area contributed by atoms with Crippen LogP contribution in [0, 0.1) is 0 Å². The number of carbonyl (C=O) groups is 2. The number of nitrogens with two attached hydrogens (primary N) is 1. The maximum absolute atomic E-state index is 12.2. The Hall–Kier alpha value is -1.01. The standard InChI is InChI=1S/C12H21N3O3.ClH/c1-14(12(17)18)10-6-7-15(11(10)16)9-4-2-8(13)3-5-9;/h8-10H,2-7,13H2,1H3,(H,17,18);1H/t8?,9?,10-;/m1./s1. The Labute approximate surface area is 119 Å². The van der Waals surface area contributed by atoms with E-state index < -0.39 is 12.1 Å². The molecule has 1 aliphatic carbocycles. The van der Waals surface area contributed by atoms with Crippen LogP contribution in [0.15, 0.2) is 0 Å². The summed E-state index contributed by atoms with van der Waals surface area (Å²) >= 11 is 0. The zero-order valence-electron chi connectivity index (χ0n) is 11.1. The van der Waals surface area contributed by atoms with E-state index in [0.29, 0.717) is 13.0 Å². The predicted octanol–water partition coefficient (Wildman–Crippen LogP) is 0.889. The van der Waals surface area contributed by atoms with Gasteiger partial charge in [0, 0.05) is 25.7 Å². The molecule has 2 amide bonds. The van der Waals surface area contributed by atoms with Crippen molar-refractivity contribution in [2.75, 3.05) is 13.6 Å². The normalized spacial score (nSPS) is 30.9. The highest BCUT2D eigenvalue weighted by atomic mass is 35.5. The van der Waals surface area contributed by atoms with Gasteiger partial charge >= 0.3 is 6.09 Å². The Kier molecular flexibility index (Phi) is 5.43. The first kappa shape index (κ1) is 16.0. The van der Waals surface area contributed by atoms with Crippen molar-refractivity contribution in [3.05, 3.63) is 0 Å². The fourth-order valence-corrected chi connectivity index (χ4v) is 2.95. The molecule has 2 rings (SSSR count). The van der Waals surface area contributed by atoms with Crippen LogP contribution < -0.4 is 5.73 Å². The lowest BCUT2D eigenvalue weighted by molar-refractivity contribution is -0.133. The Balaban J connectivity index is 0.00000180. The summed E-state index contributed by atoms with van der Waals surface area (Å²) in [4.78, 5) is 26.1. The fraction of sp³-hybridized carbons (Fsp3) is 0.833. The SMILES string of the molecule is CN(C(=O)O)[C@@H]1CCN(C2CCC(N)CC2)C1=O.Cl. The summed E-state index contributed by atoms with van der Waals surface area (Å²) in [5.41, 5.74) is 5.86. The number of carbonyl (C=O) groups excluding carboxylic acids is 1. The van der Waals surface area contributed by atoms with Crippen molar-refractivity contribution in [2.45, 2.75) is 50.2 Å². The monoisotopic (exact) mass is 291 g/mol. The molecule has 7 heteroatoms. The quantitative estimate of drug-likeness (QED) is 0.791. The summed E-state index contributed by atoms with van der Waals surface area (Å²) in [5, 5.41) is 8.93. The van der Waals surface area contributed by atoms with E-state index in [2.05, 4.69) is 0 Å². The topological polar surface area (TPSA) is 86.9 Å². The lowest BCUT2D eigenvalue weighted by atomic mass is 9.91. The van der Waals surface area contributed by atoms with Crippen LogP contribution in [0.2, 0.25) is 0 Å². The van der Waals surface area contributed by atoms with Crippen LogP contribution >= 0.6 is 12.4 Å². The van der Waals surface area contributed by atoms with Gasteiger partial charge in [0.15, 0.2) is 0 Å². The van der Waals surface area contributed by atoms with Crippen LogP contribution in [0.1, 0.15) is 32.1 Å². The Morgan fingerprint density at radius 3 is 2.42 bits per heavy atom. The van der Waals surface area contributed by atoms with Gasteiger partial charge in [0.25, 0.3) is 0 Å². The number of carboxylic acid groups (broad SMARTS) is 1. The minimum absolute atomic E-state index is 0. The zero-order valence-corrected chi connectivity index (χ0v) is 11.9. The van der Waals surface area contributed by atoms with Crippen molar-refractivity contribution in [3.8, 4) is 0 Å². The molecule has 2 aliphatic rings. The van der Waals surface area contributed by atoms with Gasteiger partial charge in [-0.1, -0.05) is 0 Å². The Morgan fingerprint density at radius 2 is 1.89 bits per heavy atom. The molecule has 2 fully saturated rings. The molecule has 0 aromatic heterocycles. The summed E-state index contributed by atoms with van der Waals surface area (Å²) < 4.78 is 0. The molecule has 110 valence electrons. The fourth-order valence-electron chi connectivity index (χ4n) is 2.95. The van der Waals surface area contributed by atoms with Crippen LogP contribution in [0.3, 0.4) is 0 Å². The number of rotatable bonds is 2. The van der Waals surface area contributed by atoms with E-state index in [-0.39, 0.29) is 30.4 Å². The first-order valence-electron chi connectivity index (χ1n) is 6.52. The predicted molar refractivity (Wildman–Crippen MR) is 73.4 cm³/mol. The number of amides is 2. The molecule has 3 N–H and O–H groups in total. The number of halogens is 1. The van der Waals surface area contributed by atoms with Gasteiger partial charge < -0.3 is 15.7 Å². The largest absolute Gasteiger partial charge is 0.465 e. The summed E-state index contributed by atoms with van der Waals surface area (Å²) in [5.74, 6) is -0.0413. The Bertz CT molecular complexity index is 345. The van der Waals surface area contributed by atoms with E-state index in [9.17, 15) is 9.59 Å². The molecule has 1 atom stereocenters. The molecule has 0 bridgehead atoms. The summed E-state index contributed by atoms with van der Waals surface area (Å²) in [6.45, 7) is 0.668. The molecular formula is C12H22ClN3O3. The highest BCUT2D eigenvalue weighted by molar-refractivity contribution is 5.87. The van der Waals surface area contributed by atoms with Crippen LogP contribution in [0.25, 0.3) is 0 Å². The first-order valence-corrected chi connectivity index (χ1v) is 6.52. The second kappa shape index (κ2) is 6.43. The van der Waals surface area contributed by atoms with Crippen molar-refractivity contribution in [1.82, 2.24) is 9.80 Å². The molecule has 6 nitrogen and oxygen atoms in total. The third-order valence-electron chi connectivity index (χ3n) is 4.16. The van der Waals surface area contributed by atoms with Crippen LogP contribution in [0.4, 0.5) is 4.79 Å². The maximum Gasteiger partial charge on any atom is 0.407 e. The molecular weight excluding hydrogens is 270 g/mol. The average molecular weight is 292 g/mol. The lowest BCUT2D eigenvalue weighted by Crippen LogP contribution is -2.46. The molecule has 0 unspecified atom stereocenters. The van der Waals surface area contributed by atoms with E-state index in [4.69, 9.17) is 10.8 Å². The molecule has 19 heavy (non-hydrogen) atoms. The smallest absolute Gasteiger partial charge is 0.407 e. The van der Waals surface area contributed by atoms with Gasteiger partial charge in [-0.05, 0) is 32.1 Å². The number of hydrogen-bond donors (Lipinski definition) is 2. The van der Waals surface area contributed by atoms with Crippen LogP contribution in [-0.2, 0) is 4.79 Å². The van der Waals surface area contributed by atoms with Crippen molar-refractivity contribution < 1.29 is 14.7 Å². The molecule has 1 aliphatic heterocycles. The first-order chi connectivity index (χ1) is 8.50. The third kappa shape index (κ3) is 3.30. The summed E-state index contributed by atoms with van der Waals surface area (Å²) in [6.07, 6.45) is 3.35. The third-order valence-corrected chi connectivity index (χ3v) is 4.16. The van der Waals surface area contributed by atoms with E-state index in [1.165, 1.54) is 7.05 Å². The second-order valence-corrected chi connectivity index (χ2v) is 5.30. The van der Waals surface area contributed by atoms with E-state index in [1.54, 1.807) is 0 Å². The minimum Gasteiger partial charge on any atom is -0.465 e. The van der Waals surface area contributed by atoms with Crippen molar-refractivity contribution in [2.24, 2.45) is 5.73 Å². The Morgan fingerprint density at radius 1 is 1.32 bits per heavy atom. The number of likely N-dealkylation sites (tertiary alicyclic amines) is 1. The highest BCUT2D eigenvalue weighted by Crippen LogP contribution is 2.27. The second-order valence-electron chi connectivity index (χ2n) is 5.30. The maximum atomic E-state index is 12.2. The number of likely N-dealkylation sites (N-methyl/N-ethyl adjacent to an activating group) is 1. The van der Waals surface area contributed by atoms with E-state index in [1.807, 2.05) is 4.90 Å². The molecule has 0 aromatic carbocycles. The van der Waals surface area contributed by atoms with Gasteiger partial charge in [-0.2, -0.15) is 0 Å². The summed E-state index contributed by atoms with van der Waals surface area (Å²) in [6, 6.07) is 0.0130. The number of hydrogen-bond acceptors (Lipinski definition) is 3. The van der Waals surface area contributed by atoms with Gasteiger partial charge in [0.05, 0.1) is 0 Å².